The first kappa shape index (κ1) is 8.00. The van der Waals surface area contributed by atoms with Crippen LogP contribution < -0.4 is 0 Å². The normalized spacial score (nSPS) is 10.5. The molecule has 66 valence electrons. The summed E-state index contributed by atoms with van der Waals surface area (Å²) in [5.74, 6) is -1.07. The van der Waals surface area contributed by atoms with Crippen LogP contribution in [0.1, 0.15) is 10.4 Å². The zero-order chi connectivity index (χ0) is 9.42. The molecule has 0 bridgehead atoms. The van der Waals surface area contributed by atoms with E-state index in [4.69, 9.17) is 16.7 Å². The largest absolute Gasteiger partial charge is 0.477 e. The van der Waals surface area contributed by atoms with Gasteiger partial charge in [0.25, 0.3) is 0 Å². The molecule has 0 saturated carbocycles. The molecule has 2 heterocycles. The Morgan fingerprint density at radius 1 is 1.62 bits per heavy atom. The number of halogens is 1. The fraction of sp³-hybridized carbons (Fsp3) is 0. The van der Waals surface area contributed by atoms with E-state index in [1.807, 2.05) is 0 Å². The molecular weight excluding hydrogens is 194 g/mol. The molecule has 1 N–H and O–H groups in total. The number of hydrogen-bond donors (Lipinski definition) is 1. The number of fused-ring (bicyclic) bond motifs is 1. The second-order valence-electron chi connectivity index (χ2n) is 2.38. The van der Waals surface area contributed by atoms with Crippen LogP contribution in [0.25, 0.3) is 5.65 Å². The Labute approximate surface area is 77.6 Å². The summed E-state index contributed by atoms with van der Waals surface area (Å²) >= 11 is 5.61. The van der Waals surface area contributed by atoms with Gasteiger partial charge in [0.05, 0.1) is 6.20 Å². The molecule has 6 heteroatoms. The molecule has 0 aliphatic heterocycles. The van der Waals surface area contributed by atoms with E-state index in [0.717, 1.165) is 0 Å². The fourth-order valence-electron chi connectivity index (χ4n) is 0.998. The first-order valence-corrected chi connectivity index (χ1v) is 3.79. The van der Waals surface area contributed by atoms with Crippen molar-refractivity contribution in [2.24, 2.45) is 0 Å². The minimum Gasteiger partial charge on any atom is -0.477 e. The molecule has 0 saturated heterocycles. The Kier molecular flexibility index (Phi) is 1.66. The van der Waals surface area contributed by atoms with Gasteiger partial charge in [0, 0.05) is 6.20 Å². The average Bonchev–Trinajstić information content (AvgIpc) is 2.46. The predicted molar refractivity (Wildman–Crippen MR) is 45.0 cm³/mol. The van der Waals surface area contributed by atoms with Gasteiger partial charge in [0.2, 0.25) is 0 Å². The average molecular weight is 198 g/mol. The van der Waals surface area contributed by atoms with Gasteiger partial charge in [-0.15, -0.1) is 0 Å². The van der Waals surface area contributed by atoms with E-state index >= 15 is 0 Å². The lowest BCUT2D eigenvalue weighted by Crippen LogP contribution is -1.97. The summed E-state index contributed by atoms with van der Waals surface area (Å²) in [5.41, 5.74) is 0.294. The first-order valence-electron chi connectivity index (χ1n) is 3.41. The van der Waals surface area contributed by atoms with Crippen molar-refractivity contribution in [3.05, 3.63) is 29.2 Å². The van der Waals surface area contributed by atoms with Crippen molar-refractivity contribution < 1.29 is 9.90 Å². The van der Waals surface area contributed by atoms with E-state index in [9.17, 15) is 4.79 Å². The van der Waals surface area contributed by atoms with Gasteiger partial charge in [-0.05, 0) is 6.07 Å². The monoisotopic (exact) mass is 197 g/mol. The van der Waals surface area contributed by atoms with Gasteiger partial charge >= 0.3 is 5.97 Å². The van der Waals surface area contributed by atoms with Crippen LogP contribution in [0.2, 0.25) is 5.15 Å². The second-order valence-corrected chi connectivity index (χ2v) is 2.77. The number of carbonyl (C=O) groups is 1. The number of hydrogen-bond acceptors (Lipinski definition) is 3. The fourth-order valence-corrected chi connectivity index (χ4v) is 1.13. The zero-order valence-corrected chi connectivity index (χ0v) is 7.06. The maximum absolute atomic E-state index is 10.7. The molecule has 2 aromatic heterocycles. The summed E-state index contributed by atoms with van der Waals surface area (Å²) in [6.45, 7) is 0. The lowest BCUT2D eigenvalue weighted by atomic mass is 10.3. The van der Waals surface area contributed by atoms with Crippen LogP contribution in [0, 0.1) is 0 Å². The lowest BCUT2D eigenvalue weighted by Gasteiger charge is -1.93. The number of nitrogens with zero attached hydrogens (tertiary/aromatic N) is 3. The molecule has 0 spiro atoms. The summed E-state index contributed by atoms with van der Waals surface area (Å²) < 4.78 is 1.36. The molecular formula is C7H4ClN3O2. The third-order valence-electron chi connectivity index (χ3n) is 1.57. The number of carboxylic acid groups (broad SMARTS) is 1. The van der Waals surface area contributed by atoms with Gasteiger partial charge in [-0.2, -0.15) is 5.10 Å². The molecule has 2 rings (SSSR count). The first-order chi connectivity index (χ1) is 6.18. The second kappa shape index (κ2) is 2.70. The van der Waals surface area contributed by atoms with Crippen LogP contribution in [0.15, 0.2) is 18.5 Å². The van der Waals surface area contributed by atoms with Crippen LogP contribution in [0.4, 0.5) is 0 Å². The number of aromatic carboxylic acids is 1. The van der Waals surface area contributed by atoms with E-state index in [1.165, 1.54) is 16.8 Å². The smallest absolute Gasteiger partial charge is 0.341 e. The van der Waals surface area contributed by atoms with Crippen LogP contribution in [-0.4, -0.2) is 25.7 Å². The summed E-state index contributed by atoms with van der Waals surface area (Å²) in [6.07, 6.45) is 2.79. The van der Waals surface area contributed by atoms with Crippen molar-refractivity contribution >= 4 is 23.2 Å². The quantitative estimate of drug-likeness (QED) is 0.695. The molecule has 0 aromatic carbocycles. The van der Waals surface area contributed by atoms with E-state index in [2.05, 4.69) is 10.1 Å². The van der Waals surface area contributed by atoms with Gasteiger partial charge in [-0.25, -0.2) is 14.3 Å². The molecule has 0 aliphatic rings. The molecule has 0 amide bonds. The Morgan fingerprint density at radius 3 is 3.08 bits per heavy atom. The molecule has 0 fully saturated rings. The van der Waals surface area contributed by atoms with Crippen molar-refractivity contribution in [1.29, 1.82) is 0 Å². The minimum absolute atomic E-state index is 0.0440. The van der Waals surface area contributed by atoms with Crippen LogP contribution in [0.3, 0.4) is 0 Å². The van der Waals surface area contributed by atoms with Crippen molar-refractivity contribution in [2.75, 3.05) is 0 Å². The Morgan fingerprint density at radius 2 is 2.38 bits per heavy atom. The summed E-state index contributed by atoms with van der Waals surface area (Å²) in [4.78, 5) is 14.5. The van der Waals surface area contributed by atoms with Gasteiger partial charge in [-0.1, -0.05) is 11.6 Å². The van der Waals surface area contributed by atoms with Crippen molar-refractivity contribution in [1.82, 2.24) is 14.6 Å². The number of rotatable bonds is 1. The predicted octanol–water partition coefficient (Wildman–Crippen LogP) is 1.08. The van der Waals surface area contributed by atoms with E-state index in [-0.39, 0.29) is 16.4 Å². The van der Waals surface area contributed by atoms with E-state index < -0.39 is 5.97 Å². The topological polar surface area (TPSA) is 67.5 Å². The molecule has 0 unspecified atom stereocenters. The van der Waals surface area contributed by atoms with Gasteiger partial charge < -0.3 is 5.11 Å². The van der Waals surface area contributed by atoms with Crippen LogP contribution >= 0.6 is 11.6 Å². The molecule has 0 radical (unpaired) electrons. The Hall–Kier alpha value is -1.62. The van der Waals surface area contributed by atoms with Crippen LogP contribution in [0.5, 0.6) is 0 Å². The SMILES string of the molecule is O=C(O)c1cnn2ccc(Cl)nc12. The van der Waals surface area contributed by atoms with E-state index in [1.54, 1.807) is 6.20 Å². The Balaban J connectivity index is 2.79. The lowest BCUT2D eigenvalue weighted by molar-refractivity contribution is 0.0699. The maximum Gasteiger partial charge on any atom is 0.341 e. The highest BCUT2D eigenvalue weighted by Gasteiger charge is 2.11. The highest BCUT2D eigenvalue weighted by Crippen LogP contribution is 2.11. The molecule has 0 aliphatic carbocycles. The summed E-state index contributed by atoms with van der Waals surface area (Å²) in [5, 5.41) is 12.8. The maximum atomic E-state index is 10.7. The molecule has 2 aromatic rings. The number of aromatic nitrogens is 3. The molecule has 5 nitrogen and oxygen atoms in total. The van der Waals surface area contributed by atoms with Crippen molar-refractivity contribution in [3.8, 4) is 0 Å². The highest BCUT2D eigenvalue weighted by molar-refractivity contribution is 6.29. The van der Waals surface area contributed by atoms with Gasteiger partial charge in [-0.3, -0.25) is 0 Å². The van der Waals surface area contributed by atoms with Crippen molar-refractivity contribution in [3.63, 3.8) is 0 Å². The Bertz CT molecular complexity index is 480. The zero-order valence-electron chi connectivity index (χ0n) is 6.31. The van der Waals surface area contributed by atoms with Gasteiger partial charge in [0.1, 0.15) is 10.7 Å². The highest BCUT2D eigenvalue weighted by atomic mass is 35.5. The summed E-state index contributed by atoms with van der Waals surface area (Å²) in [6, 6.07) is 1.53. The minimum atomic E-state index is -1.07. The molecule has 0 atom stereocenters. The van der Waals surface area contributed by atoms with Crippen LogP contribution in [-0.2, 0) is 0 Å². The van der Waals surface area contributed by atoms with Gasteiger partial charge in [0.15, 0.2) is 5.65 Å². The third-order valence-corrected chi connectivity index (χ3v) is 1.78. The third kappa shape index (κ3) is 1.23. The van der Waals surface area contributed by atoms with E-state index in [0.29, 0.717) is 0 Å². The van der Waals surface area contributed by atoms with Crippen molar-refractivity contribution in [2.45, 2.75) is 0 Å². The standard InChI is InChI=1S/C7H4ClN3O2/c8-5-1-2-11-6(10-5)4(3-9-11)7(12)13/h1-3H,(H,12,13). The summed E-state index contributed by atoms with van der Waals surface area (Å²) in [7, 11) is 0. The molecule has 13 heavy (non-hydrogen) atoms. The number of carboxylic acids is 1.